The van der Waals surface area contributed by atoms with Crippen molar-refractivity contribution in [3.8, 4) is 0 Å². The third-order valence-electron chi connectivity index (χ3n) is 6.96. The zero-order valence-corrected chi connectivity index (χ0v) is 18.9. The van der Waals surface area contributed by atoms with Gasteiger partial charge in [-0.3, -0.25) is 4.79 Å². The van der Waals surface area contributed by atoms with Crippen LogP contribution in [-0.2, 0) is 4.79 Å². The Bertz CT molecular complexity index is 1050. The maximum absolute atomic E-state index is 12.9. The van der Waals surface area contributed by atoms with E-state index >= 15 is 0 Å². The molecule has 2 fully saturated rings. The molecule has 1 N–H and O–H groups in total. The van der Waals surface area contributed by atoms with Gasteiger partial charge in [-0.15, -0.1) is 0 Å². The molecule has 3 aromatic heterocycles. The number of hydrogen-bond acceptors (Lipinski definition) is 5. The Morgan fingerprint density at radius 1 is 1.03 bits per heavy atom. The van der Waals surface area contributed by atoms with Gasteiger partial charge in [0.1, 0.15) is 0 Å². The molecule has 0 unspecified atom stereocenters. The SMILES string of the molecule is O=C(NCCCN1CCCCCC1)[C@@H]1CCCN(c2nc3ncccc3n3cccc23)C1. The van der Waals surface area contributed by atoms with Crippen LogP contribution >= 0.6 is 0 Å². The molecule has 0 aliphatic carbocycles. The maximum atomic E-state index is 12.9. The normalized spacial score (nSPS) is 20.5. The van der Waals surface area contributed by atoms with Gasteiger partial charge in [0.05, 0.1) is 17.0 Å². The van der Waals surface area contributed by atoms with Crippen LogP contribution in [0.1, 0.15) is 44.9 Å². The van der Waals surface area contributed by atoms with E-state index in [1.54, 1.807) is 6.20 Å². The van der Waals surface area contributed by atoms with Crippen molar-refractivity contribution < 1.29 is 4.79 Å². The third kappa shape index (κ3) is 4.58. The Morgan fingerprint density at radius 2 is 1.88 bits per heavy atom. The lowest BCUT2D eigenvalue weighted by Crippen LogP contribution is -2.44. The minimum absolute atomic E-state index is 0.0122. The molecule has 2 aliphatic heterocycles. The van der Waals surface area contributed by atoms with Crippen LogP contribution < -0.4 is 10.2 Å². The quantitative estimate of drug-likeness (QED) is 0.602. The highest BCUT2D eigenvalue weighted by atomic mass is 16.1. The number of likely N-dealkylation sites (tertiary alicyclic amines) is 1. The van der Waals surface area contributed by atoms with E-state index in [1.807, 2.05) is 18.2 Å². The summed E-state index contributed by atoms with van der Waals surface area (Å²) in [4.78, 5) is 27.1. The van der Waals surface area contributed by atoms with Gasteiger partial charge in [-0.1, -0.05) is 12.8 Å². The van der Waals surface area contributed by atoms with Crippen LogP contribution in [0.25, 0.3) is 16.7 Å². The highest BCUT2D eigenvalue weighted by Gasteiger charge is 2.28. The third-order valence-corrected chi connectivity index (χ3v) is 6.96. The Morgan fingerprint density at radius 3 is 2.75 bits per heavy atom. The summed E-state index contributed by atoms with van der Waals surface area (Å²) in [6.07, 6.45) is 12.2. The van der Waals surface area contributed by atoms with Gasteiger partial charge in [0.15, 0.2) is 11.5 Å². The van der Waals surface area contributed by atoms with Gasteiger partial charge in [-0.2, -0.15) is 0 Å². The molecular weight excluding hydrogens is 400 g/mol. The Labute approximate surface area is 189 Å². The average Bonchev–Trinajstić information content (AvgIpc) is 3.19. The van der Waals surface area contributed by atoms with E-state index in [-0.39, 0.29) is 11.8 Å². The lowest BCUT2D eigenvalue weighted by molar-refractivity contribution is -0.125. The minimum Gasteiger partial charge on any atom is -0.356 e. The van der Waals surface area contributed by atoms with Gasteiger partial charge in [0.2, 0.25) is 5.91 Å². The fourth-order valence-electron chi connectivity index (χ4n) is 5.23. The lowest BCUT2D eigenvalue weighted by Gasteiger charge is -2.33. The van der Waals surface area contributed by atoms with E-state index in [9.17, 15) is 4.79 Å². The Hall–Kier alpha value is -2.67. The molecule has 7 heteroatoms. The van der Waals surface area contributed by atoms with Gasteiger partial charge in [0, 0.05) is 32.0 Å². The second kappa shape index (κ2) is 9.86. The van der Waals surface area contributed by atoms with Crippen LogP contribution in [0.4, 0.5) is 5.82 Å². The van der Waals surface area contributed by atoms with Gasteiger partial charge in [0.25, 0.3) is 0 Å². The summed E-state index contributed by atoms with van der Waals surface area (Å²) in [6, 6.07) is 8.13. The van der Waals surface area contributed by atoms with Crippen molar-refractivity contribution in [1.29, 1.82) is 0 Å². The first kappa shape index (κ1) is 21.2. The fraction of sp³-hybridized carbons (Fsp3) is 0.560. The molecule has 7 nitrogen and oxygen atoms in total. The standard InChI is InChI=1S/C25H34N6O/c32-25(27-13-8-16-29-14-3-1-2-4-15-29)20-9-6-17-30(19-20)24-22-11-7-18-31(22)21-10-5-12-26-23(21)28-24/h5,7,10-12,18,20H,1-4,6,8-9,13-17,19H2,(H,27,32)/t20-/m1/s1. The molecule has 0 radical (unpaired) electrons. The van der Waals surface area contributed by atoms with Crippen molar-refractivity contribution in [2.45, 2.75) is 44.9 Å². The maximum Gasteiger partial charge on any atom is 0.224 e. The van der Waals surface area contributed by atoms with E-state index in [4.69, 9.17) is 4.98 Å². The zero-order valence-electron chi connectivity index (χ0n) is 18.9. The number of nitrogens with zero attached hydrogens (tertiary/aromatic N) is 5. The number of carbonyl (C=O) groups is 1. The molecule has 5 rings (SSSR count). The minimum atomic E-state index is 0.0122. The molecule has 0 spiro atoms. The van der Waals surface area contributed by atoms with Crippen molar-refractivity contribution in [3.63, 3.8) is 0 Å². The zero-order chi connectivity index (χ0) is 21.8. The van der Waals surface area contributed by atoms with Gasteiger partial charge in [-0.25, -0.2) is 9.97 Å². The van der Waals surface area contributed by atoms with Crippen molar-refractivity contribution in [2.24, 2.45) is 5.92 Å². The molecule has 5 heterocycles. The number of nitrogens with one attached hydrogen (secondary N) is 1. The number of rotatable bonds is 6. The van der Waals surface area contributed by atoms with Crippen molar-refractivity contribution in [1.82, 2.24) is 24.6 Å². The summed E-state index contributed by atoms with van der Waals surface area (Å²) >= 11 is 0. The Balaban J connectivity index is 1.21. The van der Waals surface area contributed by atoms with Crippen LogP contribution in [-0.4, -0.2) is 64.4 Å². The van der Waals surface area contributed by atoms with Crippen LogP contribution in [0.15, 0.2) is 36.7 Å². The summed E-state index contributed by atoms with van der Waals surface area (Å²) in [5.74, 6) is 1.13. The van der Waals surface area contributed by atoms with Crippen molar-refractivity contribution >= 4 is 28.4 Å². The highest BCUT2D eigenvalue weighted by Crippen LogP contribution is 2.28. The summed E-state index contributed by atoms with van der Waals surface area (Å²) in [6.45, 7) is 5.93. The van der Waals surface area contributed by atoms with Gasteiger partial charge < -0.3 is 19.5 Å². The highest BCUT2D eigenvalue weighted by molar-refractivity contribution is 5.84. The van der Waals surface area contributed by atoms with Crippen molar-refractivity contribution in [3.05, 3.63) is 36.7 Å². The molecule has 170 valence electrons. The summed E-state index contributed by atoms with van der Waals surface area (Å²) in [7, 11) is 0. The van der Waals surface area contributed by atoms with Crippen LogP contribution in [0.3, 0.4) is 0 Å². The lowest BCUT2D eigenvalue weighted by atomic mass is 9.97. The molecule has 0 aromatic carbocycles. The van der Waals surface area contributed by atoms with Crippen LogP contribution in [0, 0.1) is 5.92 Å². The number of anilines is 1. The molecule has 2 saturated heterocycles. The number of fused-ring (bicyclic) bond motifs is 3. The first-order chi connectivity index (χ1) is 15.8. The smallest absolute Gasteiger partial charge is 0.224 e. The summed E-state index contributed by atoms with van der Waals surface area (Å²) in [5.41, 5.74) is 2.82. The molecule has 2 aliphatic rings. The number of pyridine rings is 1. The van der Waals surface area contributed by atoms with Gasteiger partial charge >= 0.3 is 0 Å². The molecule has 32 heavy (non-hydrogen) atoms. The average molecular weight is 435 g/mol. The molecule has 3 aromatic rings. The van der Waals surface area contributed by atoms with Crippen molar-refractivity contribution in [2.75, 3.05) is 44.2 Å². The number of aromatic nitrogens is 3. The second-order valence-electron chi connectivity index (χ2n) is 9.23. The molecular formula is C25H34N6O. The monoisotopic (exact) mass is 434 g/mol. The summed E-state index contributed by atoms with van der Waals surface area (Å²) < 4.78 is 2.15. The predicted molar refractivity (Wildman–Crippen MR) is 128 cm³/mol. The number of carbonyl (C=O) groups excluding carboxylic acids is 1. The fourth-order valence-corrected chi connectivity index (χ4v) is 5.23. The summed E-state index contributed by atoms with van der Waals surface area (Å²) in [5, 5.41) is 3.21. The Kier molecular flexibility index (Phi) is 6.53. The predicted octanol–water partition coefficient (Wildman–Crippen LogP) is 3.48. The molecule has 0 bridgehead atoms. The van der Waals surface area contributed by atoms with Crippen LogP contribution in [0.5, 0.6) is 0 Å². The molecule has 1 atom stereocenters. The van der Waals surface area contributed by atoms with E-state index in [0.29, 0.717) is 6.54 Å². The topological polar surface area (TPSA) is 65.8 Å². The van der Waals surface area contributed by atoms with Gasteiger partial charge in [-0.05, 0) is 76.0 Å². The molecule has 0 saturated carbocycles. The number of hydrogen-bond donors (Lipinski definition) is 1. The first-order valence-corrected chi connectivity index (χ1v) is 12.3. The van der Waals surface area contributed by atoms with E-state index in [1.165, 1.54) is 38.8 Å². The largest absolute Gasteiger partial charge is 0.356 e. The number of amides is 1. The van der Waals surface area contributed by atoms with Crippen LogP contribution in [0.2, 0.25) is 0 Å². The van der Waals surface area contributed by atoms with E-state index < -0.39 is 0 Å². The number of piperidine rings is 1. The molecule has 1 amide bonds. The first-order valence-electron chi connectivity index (χ1n) is 12.3. The van der Waals surface area contributed by atoms with E-state index in [2.05, 4.69) is 36.8 Å². The van der Waals surface area contributed by atoms with E-state index in [0.717, 1.165) is 61.4 Å². The second-order valence-corrected chi connectivity index (χ2v) is 9.23.